The average molecular weight is 490 g/mol. The van der Waals surface area contributed by atoms with Gasteiger partial charge in [0, 0.05) is 35.0 Å². The first-order valence-electron chi connectivity index (χ1n) is 10.7. The number of hydrogen-bond acceptors (Lipinski definition) is 6. The molecule has 0 aliphatic heterocycles. The molecule has 0 spiro atoms. The number of nitrogens with zero attached hydrogens (tertiary/aromatic N) is 5. The predicted octanol–water partition coefficient (Wildman–Crippen LogP) is 4.28. The monoisotopic (exact) mass is 489 g/mol. The van der Waals surface area contributed by atoms with Crippen molar-refractivity contribution in [3.05, 3.63) is 58.0 Å². The first kappa shape index (κ1) is 23.7. The number of thiophene rings is 1. The van der Waals surface area contributed by atoms with Gasteiger partial charge in [0.1, 0.15) is 0 Å². The number of aliphatic carboxylic acids is 1. The molecule has 3 aromatic heterocycles. The van der Waals surface area contributed by atoms with E-state index in [2.05, 4.69) is 34.0 Å². The molecule has 7 nitrogen and oxygen atoms in total. The van der Waals surface area contributed by atoms with Crippen LogP contribution in [-0.4, -0.2) is 44.0 Å². The molecule has 178 valence electrons. The zero-order valence-electron chi connectivity index (χ0n) is 18.5. The molecule has 0 unspecified atom stereocenters. The molecule has 0 amide bonds. The number of halogens is 3. The van der Waals surface area contributed by atoms with Crippen LogP contribution in [0.4, 0.5) is 18.9 Å². The Labute approximate surface area is 197 Å². The van der Waals surface area contributed by atoms with Gasteiger partial charge in [-0.25, -0.2) is 0 Å². The highest BCUT2D eigenvalue weighted by molar-refractivity contribution is 7.16. The van der Waals surface area contributed by atoms with Crippen LogP contribution in [0, 0.1) is 0 Å². The van der Waals surface area contributed by atoms with Crippen LogP contribution in [0.5, 0.6) is 0 Å². The number of carbonyl (C=O) groups is 1. The molecule has 1 aromatic carbocycles. The van der Waals surface area contributed by atoms with Crippen LogP contribution >= 0.6 is 11.3 Å². The summed E-state index contributed by atoms with van der Waals surface area (Å²) in [5.74, 6) is -1.01. The zero-order valence-corrected chi connectivity index (χ0v) is 19.3. The molecule has 4 aromatic rings. The van der Waals surface area contributed by atoms with Gasteiger partial charge >= 0.3 is 12.1 Å². The van der Waals surface area contributed by atoms with Crippen LogP contribution in [-0.2, 0) is 17.4 Å². The third-order valence-electron chi connectivity index (χ3n) is 5.43. The predicted molar refractivity (Wildman–Crippen MR) is 124 cm³/mol. The van der Waals surface area contributed by atoms with E-state index >= 15 is 0 Å². The Kier molecular flexibility index (Phi) is 6.56. The lowest BCUT2D eigenvalue weighted by atomic mass is 10.1. The molecular formula is C23H22F3N5O2S. The van der Waals surface area contributed by atoms with E-state index < -0.39 is 17.8 Å². The Morgan fingerprint density at radius 2 is 1.82 bits per heavy atom. The van der Waals surface area contributed by atoms with E-state index in [9.17, 15) is 18.0 Å². The molecule has 0 aliphatic rings. The lowest BCUT2D eigenvalue weighted by Gasteiger charge is -2.21. The second kappa shape index (κ2) is 9.41. The molecule has 11 heteroatoms. The highest BCUT2D eigenvalue weighted by Gasteiger charge is 2.37. The van der Waals surface area contributed by atoms with Crippen LogP contribution in [0.2, 0.25) is 0 Å². The van der Waals surface area contributed by atoms with E-state index in [0.717, 1.165) is 33.7 Å². The highest BCUT2D eigenvalue weighted by Crippen LogP contribution is 2.31. The molecule has 0 aliphatic carbocycles. The molecule has 1 N–H and O–H groups in total. The Hall–Kier alpha value is -3.47. The molecule has 0 fully saturated rings. The standard InChI is InChI=1S/C23H22F3N5O2S/c1-3-30(4-2)15-7-5-14(6-8-15)18-10-9-16(34-18)13-17-21(23(24,25)26)29-31-19(11-12-20(32)33)27-28-22(17)31/h5-10,13H,3-4,11-12H2,1-2H3,(H,32,33)/b17-13-. The van der Waals surface area contributed by atoms with E-state index in [-0.39, 0.29) is 29.5 Å². The van der Waals surface area contributed by atoms with Crippen molar-refractivity contribution in [1.29, 1.82) is 0 Å². The van der Waals surface area contributed by atoms with Gasteiger partial charge in [-0.2, -0.15) is 22.8 Å². The van der Waals surface area contributed by atoms with Crippen molar-refractivity contribution in [2.45, 2.75) is 32.9 Å². The Balaban J connectivity index is 1.71. The number of carboxylic acids is 1. The van der Waals surface area contributed by atoms with Crippen molar-refractivity contribution in [3.63, 3.8) is 0 Å². The number of benzene rings is 1. The quantitative estimate of drug-likeness (QED) is 0.398. The molecule has 0 saturated carbocycles. The van der Waals surface area contributed by atoms with Crippen molar-refractivity contribution in [2.75, 3.05) is 18.0 Å². The molecule has 0 saturated heterocycles. The van der Waals surface area contributed by atoms with E-state index in [1.807, 2.05) is 30.3 Å². The number of hydrogen-bond donors (Lipinski definition) is 1. The fourth-order valence-corrected chi connectivity index (χ4v) is 4.67. The summed E-state index contributed by atoms with van der Waals surface area (Å²) in [6.45, 7) is 5.98. The van der Waals surface area contributed by atoms with Gasteiger partial charge in [-0.05, 0) is 49.8 Å². The lowest BCUT2D eigenvalue weighted by molar-refractivity contribution is -0.142. The van der Waals surface area contributed by atoms with Gasteiger partial charge < -0.3 is 10.0 Å². The number of anilines is 1. The number of alkyl halides is 3. The summed E-state index contributed by atoms with van der Waals surface area (Å²) in [7, 11) is 0. The molecule has 0 atom stereocenters. The van der Waals surface area contributed by atoms with Crippen LogP contribution < -0.4 is 10.1 Å². The number of fused-ring (bicyclic) bond motifs is 1. The maximum absolute atomic E-state index is 13.7. The molecule has 3 heterocycles. The average Bonchev–Trinajstić information content (AvgIpc) is 3.50. The van der Waals surface area contributed by atoms with Gasteiger partial charge in [-0.15, -0.1) is 21.5 Å². The summed E-state index contributed by atoms with van der Waals surface area (Å²) >= 11 is 1.36. The minimum Gasteiger partial charge on any atom is -0.481 e. The summed E-state index contributed by atoms with van der Waals surface area (Å²) in [6.07, 6.45) is -3.65. The van der Waals surface area contributed by atoms with E-state index in [0.29, 0.717) is 4.88 Å². The second-order valence-electron chi connectivity index (χ2n) is 7.57. The molecule has 0 bridgehead atoms. The number of carboxylic acid groups (broad SMARTS) is 1. The van der Waals surface area contributed by atoms with Crippen molar-refractivity contribution in [2.24, 2.45) is 0 Å². The normalized spacial score (nSPS) is 12.6. The van der Waals surface area contributed by atoms with Gasteiger partial charge in [-0.1, -0.05) is 12.1 Å². The number of aryl methyl sites for hydroxylation is 1. The van der Waals surface area contributed by atoms with Crippen molar-refractivity contribution >= 4 is 34.7 Å². The minimum atomic E-state index is -4.70. The van der Waals surface area contributed by atoms with Crippen molar-refractivity contribution in [1.82, 2.24) is 19.8 Å². The Bertz CT molecular complexity index is 1360. The van der Waals surface area contributed by atoms with E-state index in [1.165, 1.54) is 17.4 Å². The fraction of sp³-hybridized carbons (Fsp3) is 0.304. The third kappa shape index (κ3) is 4.74. The lowest BCUT2D eigenvalue weighted by Crippen LogP contribution is -2.21. The topological polar surface area (TPSA) is 83.6 Å². The van der Waals surface area contributed by atoms with Crippen LogP contribution in [0.15, 0.2) is 36.4 Å². The van der Waals surface area contributed by atoms with E-state index in [1.54, 1.807) is 6.07 Å². The number of aromatic nitrogens is 4. The van der Waals surface area contributed by atoms with Crippen molar-refractivity contribution in [3.8, 4) is 10.4 Å². The first-order chi connectivity index (χ1) is 16.2. The van der Waals surface area contributed by atoms with Gasteiger partial charge in [0.15, 0.2) is 17.2 Å². The summed E-state index contributed by atoms with van der Waals surface area (Å²) in [5, 5.41) is 20.0. The molecule has 4 rings (SSSR count). The Morgan fingerprint density at radius 1 is 1.12 bits per heavy atom. The van der Waals surface area contributed by atoms with Crippen LogP contribution in [0.1, 0.15) is 36.7 Å². The minimum absolute atomic E-state index is 0.0498. The van der Waals surface area contributed by atoms with Crippen LogP contribution in [0.25, 0.3) is 22.2 Å². The Morgan fingerprint density at radius 3 is 2.44 bits per heavy atom. The van der Waals surface area contributed by atoms with E-state index in [4.69, 9.17) is 5.11 Å². The molecule has 0 radical (unpaired) electrons. The van der Waals surface area contributed by atoms with Gasteiger partial charge in [-0.3, -0.25) is 4.79 Å². The van der Waals surface area contributed by atoms with Crippen molar-refractivity contribution < 1.29 is 23.1 Å². The summed E-state index contributed by atoms with van der Waals surface area (Å²) in [5.41, 5.74) is 0.960. The summed E-state index contributed by atoms with van der Waals surface area (Å²) < 4.78 is 42.1. The third-order valence-corrected chi connectivity index (χ3v) is 6.51. The van der Waals surface area contributed by atoms with Gasteiger partial charge in [0.25, 0.3) is 0 Å². The summed E-state index contributed by atoms with van der Waals surface area (Å²) in [6, 6.07) is 11.7. The molecular weight excluding hydrogens is 467 g/mol. The largest absolute Gasteiger partial charge is 0.481 e. The fourth-order valence-electron chi connectivity index (χ4n) is 3.71. The first-order valence-corrected chi connectivity index (χ1v) is 11.5. The van der Waals surface area contributed by atoms with Gasteiger partial charge in [0.05, 0.1) is 11.6 Å². The molecule has 34 heavy (non-hydrogen) atoms. The maximum Gasteiger partial charge on any atom is 0.435 e. The smallest absolute Gasteiger partial charge is 0.435 e. The SMILES string of the molecule is CCN(CC)c1ccc(-c2ccc(/C=c3/c(C(F)(F)F)nn4c(CCC(=O)O)nnc34)s2)cc1. The van der Waals surface area contributed by atoms with Gasteiger partial charge in [0.2, 0.25) is 0 Å². The zero-order chi connectivity index (χ0) is 24.5. The summed E-state index contributed by atoms with van der Waals surface area (Å²) in [4.78, 5) is 14.6. The highest BCUT2D eigenvalue weighted by atomic mass is 32.1. The van der Waals surface area contributed by atoms with Crippen LogP contribution in [0.3, 0.4) is 0 Å². The second-order valence-corrected chi connectivity index (χ2v) is 8.69. The number of rotatable bonds is 8. The maximum atomic E-state index is 13.7.